The Morgan fingerprint density at radius 3 is 2.12 bits per heavy atom. The number of carbonyl (C=O) groups excluding carboxylic acids is 2. The molecule has 0 fully saturated rings. The van der Waals surface area contributed by atoms with Gasteiger partial charge >= 0.3 is 12.2 Å². The molecule has 1 atom stereocenters. The number of ether oxygens (including phenoxy) is 2. The Balaban J connectivity index is 4.17. The van der Waals surface area contributed by atoms with Gasteiger partial charge in [-0.3, -0.25) is 0 Å². The molecule has 0 rings (SSSR count). The highest BCUT2D eigenvalue weighted by Crippen LogP contribution is 2.09. The van der Waals surface area contributed by atoms with Crippen LogP contribution in [0.5, 0.6) is 0 Å². The van der Waals surface area contributed by atoms with Gasteiger partial charge in [-0.05, 0) is 66.3 Å². The molecule has 0 aromatic heterocycles. The third-order valence-electron chi connectivity index (χ3n) is 2.73. The monoisotopic (exact) mass is 357 g/mol. The van der Waals surface area contributed by atoms with E-state index in [4.69, 9.17) is 15.0 Å². The summed E-state index contributed by atoms with van der Waals surface area (Å²) in [6, 6.07) is -0.313. The zero-order valence-electron chi connectivity index (χ0n) is 16.1. The van der Waals surface area contributed by atoms with Gasteiger partial charge in [-0.2, -0.15) is 0 Å². The summed E-state index contributed by atoms with van der Waals surface area (Å²) < 4.78 is 10.3. The third-order valence-corrected chi connectivity index (χ3v) is 2.73. The van der Waals surface area contributed by atoms with Gasteiger partial charge in [0.15, 0.2) is 0 Å². The van der Waals surface area contributed by atoms with Crippen LogP contribution in [0.2, 0.25) is 0 Å². The Morgan fingerprint density at radius 1 is 1.04 bits per heavy atom. The lowest BCUT2D eigenvalue weighted by Gasteiger charge is -2.23. The van der Waals surface area contributed by atoms with Crippen molar-refractivity contribution < 1.29 is 19.1 Å². The molecule has 144 valence electrons. The zero-order chi connectivity index (χ0) is 19.5. The number of rotatable bonds is 8. The van der Waals surface area contributed by atoms with Crippen LogP contribution in [0.25, 0.3) is 10.4 Å². The second-order valence-corrected chi connectivity index (χ2v) is 7.68. The first-order valence-corrected chi connectivity index (χ1v) is 8.40. The summed E-state index contributed by atoms with van der Waals surface area (Å²) in [5, 5.41) is 8.88. The molecule has 0 aromatic rings. The number of azide groups is 1. The van der Waals surface area contributed by atoms with Crippen molar-refractivity contribution in [1.82, 2.24) is 10.6 Å². The summed E-state index contributed by atoms with van der Waals surface area (Å²) in [7, 11) is 0. The lowest BCUT2D eigenvalue weighted by atomic mass is 10.1. The molecule has 0 aliphatic carbocycles. The van der Waals surface area contributed by atoms with Crippen LogP contribution in [0.3, 0.4) is 0 Å². The van der Waals surface area contributed by atoms with E-state index in [-0.39, 0.29) is 12.6 Å². The predicted molar refractivity (Wildman–Crippen MR) is 95.3 cm³/mol. The summed E-state index contributed by atoms with van der Waals surface area (Å²) in [6.45, 7) is 11.3. The summed E-state index contributed by atoms with van der Waals surface area (Å²) in [5.74, 6) is 0. The maximum atomic E-state index is 11.8. The molecule has 0 aromatic carbocycles. The van der Waals surface area contributed by atoms with Gasteiger partial charge in [0.25, 0.3) is 0 Å². The number of hydrogen-bond acceptors (Lipinski definition) is 5. The quantitative estimate of drug-likeness (QED) is 0.296. The Labute approximate surface area is 149 Å². The number of unbranched alkanes of at least 4 members (excludes halogenated alkanes) is 1. The molecule has 9 heteroatoms. The molecular weight excluding hydrogens is 326 g/mol. The second-order valence-electron chi connectivity index (χ2n) is 7.68. The highest BCUT2D eigenvalue weighted by atomic mass is 16.6. The van der Waals surface area contributed by atoms with E-state index in [0.717, 1.165) is 6.42 Å². The number of nitrogens with zero attached hydrogens (tertiary/aromatic N) is 3. The summed E-state index contributed by atoms with van der Waals surface area (Å²) >= 11 is 0. The minimum Gasteiger partial charge on any atom is -0.444 e. The molecule has 0 spiro atoms. The molecule has 0 aliphatic rings. The fourth-order valence-electron chi connectivity index (χ4n) is 1.84. The van der Waals surface area contributed by atoms with Crippen molar-refractivity contribution in [3.8, 4) is 0 Å². The average Bonchev–Trinajstić information content (AvgIpc) is 2.39. The van der Waals surface area contributed by atoms with Crippen molar-refractivity contribution in [3.05, 3.63) is 10.4 Å². The van der Waals surface area contributed by atoms with Crippen molar-refractivity contribution in [2.75, 3.05) is 13.1 Å². The Morgan fingerprint density at radius 2 is 1.60 bits per heavy atom. The molecular formula is C16H31N5O4. The second kappa shape index (κ2) is 10.7. The van der Waals surface area contributed by atoms with E-state index in [1.165, 1.54) is 0 Å². The van der Waals surface area contributed by atoms with Gasteiger partial charge in [0.1, 0.15) is 11.2 Å². The first kappa shape index (κ1) is 22.9. The van der Waals surface area contributed by atoms with E-state index in [0.29, 0.717) is 19.4 Å². The SMILES string of the molecule is CC(C)(C)OC(=O)NCCCC[C@@H](CN=[N+]=[N-])NC(=O)OC(C)(C)C. The van der Waals surface area contributed by atoms with Crippen molar-refractivity contribution >= 4 is 12.2 Å². The van der Waals surface area contributed by atoms with Crippen LogP contribution in [0.15, 0.2) is 5.11 Å². The first-order chi connectivity index (χ1) is 11.4. The van der Waals surface area contributed by atoms with Gasteiger partial charge in [0, 0.05) is 24.0 Å². The number of nitrogens with one attached hydrogen (secondary N) is 2. The van der Waals surface area contributed by atoms with Crippen LogP contribution in [0, 0.1) is 0 Å². The Bertz CT molecular complexity index is 476. The molecule has 25 heavy (non-hydrogen) atoms. The van der Waals surface area contributed by atoms with Gasteiger partial charge in [-0.1, -0.05) is 5.11 Å². The third kappa shape index (κ3) is 15.1. The largest absolute Gasteiger partial charge is 0.444 e. The van der Waals surface area contributed by atoms with E-state index in [9.17, 15) is 9.59 Å². The predicted octanol–water partition coefficient (Wildman–Crippen LogP) is 3.89. The highest BCUT2D eigenvalue weighted by molar-refractivity contribution is 5.68. The molecule has 0 radical (unpaired) electrons. The van der Waals surface area contributed by atoms with Crippen LogP contribution >= 0.6 is 0 Å². The van der Waals surface area contributed by atoms with E-state index in [1.807, 2.05) is 0 Å². The molecule has 0 saturated heterocycles. The number of alkyl carbamates (subject to hydrolysis) is 2. The van der Waals surface area contributed by atoms with E-state index >= 15 is 0 Å². The Hall–Kier alpha value is -2.15. The van der Waals surface area contributed by atoms with E-state index in [2.05, 4.69) is 20.7 Å². The van der Waals surface area contributed by atoms with Crippen LogP contribution in [-0.4, -0.2) is 42.5 Å². The van der Waals surface area contributed by atoms with E-state index in [1.54, 1.807) is 41.5 Å². The van der Waals surface area contributed by atoms with Crippen LogP contribution in [-0.2, 0) is 9.47 Å². The molecule has 0 saturated carbocycles. The summed E-state index contributed by atoms with van der Waals surface area (Å²) in [5.41, 5.74) is 7.33. The first-order valence-electron chi connectivity index (χ1n) is 8.40. The molecule has 2 amide bonds. The molecule has 9 nitrogen and oxygen atoms in total. The molecule has 0 aliphatic heterocycles. The highest BCUT2D eigenvalue weighted by Gasteiger charge is 2.19. The maximum Gasteiger partial charge on any atom is 0.407 e. The van der Waals surface area contributed by atoms with Crippen molar-refractivity contribution in [1.29, 1.82) is 0 Å². The van der Waals surface area contributed by atoms with Gasteiger partial charge < -0.3 is 20.1 Å². The van der Waals surface area contributed by atoms with Crippen molar-refractivity contribution in [2.45, 2.75) is 78.0 Å². The van der Waals surface area contributed by atoms with Crippen LogP contribution < -0.4 is 10.6 Å². The van der Waals surface area contributed by atoms with Crippen molar-refractivity contribution in [3.63, 3.8) is 0 Å². The van der Waals surface area contributed by atoms with Gasteiger partial charge in [0.2, 0.25) is 0 Å². The zero-order valence-corrected chi connectivity index (χ0v) is 16.1. The van der Waals surface area contributed by atoms with E-state index < -0.39 is 23.4 Å². The standard InChI is InChI=1S/C16H31N5O4/c1-15(2,3)24-13(22)18-10-8-7-9-12(11-19-21-17)20-14(23)25-16(4,5)6/h12H,7-11H2,1-6H3,(H,18,22)(H,20,23)/t12-/m0/s1. The smallest absolute Gasteiger partial charge is 0.407 e. The molecule has 0 heterocycles. The lowest BCUT2D eigenvalue weighted by molar-refractivity contribution is 0.0501. The van der Waals surface area contributed by atoms with Gasteiger partial charge in [-0.25, -0.2) is 9.59 Å². The number of carbonyl (C=O) groups is 2. The number of amides is 2. The topological polar surface area (TPSA) is 125 Å². The fourth-order valence-corrected chi connectivity index (χ4v) is 1.84. The minimum atomic E-state index is -0.593. The lowest BCUT2D eigenvalue weighted by Crippen LogP contribution is -2.40. The van der Waals surface area contributed by atoms with Crippen molar-refractivity contribution in [2.24, 2.45) is 5.11 Å². The molecule has 0 unspecified atom stereocenters. The van der Waals surface area contributed by atoms with Gasteiger partial charge in [-0.15, -0.1) is 0 Å². The van der Waals surface area contributed by atoms with Crippen LogP contribution in [0.1, 0.15) is 60.8 Å². The molecule has 2 N–H and O–H groups in total. The Kier molecular flexibility index (Phi) is 9.74. The fraction of sp³-hybridized carbons (Fsp3) is 0.875. The molecule has 0 bridgehead atoms. The van der Waals surface area contributed by atoms with Gasteiger partial charge in [0.05, 0.1) is 0 Å². The maximum absolute atomic E-state index is 11.8. The number of hydrogen-bond donors (Lipinski definition) is 2. The minimum absolute atomic E-state index is 0.148. The average molecular weight is 357 g/mol. The van der Waals surface area contributed by atoms with Crippen LogP contribution in [0.4, 0.5) is 9.59 Å². The summed E-state index contributed by atoms with van der Waals surface area (Å²) in [6.07, 6.45) is 1.05. The summed E-state index contributed by atoms with van der Waals surface area (Å²) in [4.78, 5) is 26.0. The normalized spacial score (nSPS) is 12.6.